The standard InChI is InChI=1S/C25H22ClN3O4/c1-3-21(24(30)29-20-14-15(26)12-13-22(20)32-2)33-25(31)17-9-5-4-8-16(17)23-27-18-10-6-7-11-19(18)28-23/h4-14,21H,3H2,1-2H3,(H,27,28)(H,29,30). The van der Waals surface area contributed by atoms with Crippen molar-refractivity contribution in [1.82, 2.24) is 9.97 Å². The minimum Gasteiger partial charge on any atom is -0.495 e. The molecule has 33 heavy (non-hydrogen) atoms. The Balaban J connectivity index is 1.56. The van der Waals surface area contributed by atoms with Gasteiger partial charge < -0.3 is 19.8 Å². The van der Waals surface area contributed by atoms with Crippen LogP contribution in [0.1, 0.15) is 23.7 Å². The van der Waals surface area contributed by atoms with Crippen molar-refractivity contribution >= 4 is 40.2 Å². The van der Waals surface area contributed by atoms with Gasteiger partial charge in [0.2, 0.25) is 0 Å². The fourth-order valence-corrected chi connectivity index (χ4v) is 3.63. The molecule has 0 aliphatic rings. The Morgan fingerprint density at radius 1 is 1.09 bits per heavy atom. The number of aromatic nitrogens is 2. The van der Waals surface area contributed by atoms with E-state index in [1.54, 1.807) is 43.3 Å². The Labute approximate surface area is 195 Å². The monoisotopic (exact) mass is 463 g/mol. The Hall–Kier alpha value is -3.84. The number of aromatic amines is 1. The van der Waals surface area contributed by atoms with Crippen molar-refractivity contribution in [2.75, 3.05) is 12.4 Å². The number of para-hydroxylation sites is 2. The van der Waals surface area contributed by atoms with Crippen LogP contribution in [0.5, 0.6) is 5.75 Å². The van der Waals surface area contributed by atoms with E-state index in [4.69, 9.17) is 21.1 Å². The van der Waals surface area contributed by atoms with Gasteiger partial charge in [-0.1, -0.05) is 48.9 Å². The second-order valence-corrected chi connectivity index (χ2v) is 7.72. The van der Waals surface area contributed by atoms with Gasteiger partial charge in [-0.05, 0) is 42.8 Å². The molecule has 1 aromatic heterocycles. The van der Waals surface area contributed by atoms with Gasteiger partial charge in [-0.2, -0.15) is 0 Å². The lowest BCUT2D eigenvalue weighted by Gasteiger charge is -2.18. The number of methoxy groups -OCH3 is 1. The molecule has 0 saturated heterocycles. The normalized spacial score (nSPS) is 11.7. The van der Waals surface area contributed by atoms with Gasteiger partial charge in [0.25, 0.3) is 5.91 Å². The predicted octanol–water partition coefficient (Wildman–Crippen LogP) is 5.47. The highest BCUT2D eigenvalue weighted by molar-refractivity contribution is 6.31. The maximum atomic E-state index is 13.1. The third-order valence-corrected chi connectivity index (χ3v) is 5.36. The smallest absolute Gasteiger partial charge is 0.339 e. The summed E-state index contributed by atoms with van der Waals surface area (Å²) in [6.45, 7) is 1.76. The van der Waals surface area contributed by atoms with Gasteiger partial charge in [0, 0.05) is 10.6 Å². The van der Waals surface area contributed by atoms with E-state index in [1.807, 2.05) is 30.3 Å². The first kappa shape index (κ1) is 22.4. The zero-order valence-electron chi connectivity index (χ0n) is 18.1. The lowest BCUT2D eigenvalue weighted by Crippen LogP contribution is -2.32. The van der Waals surface area contributed by atoms with Gasteiger partial charge >= 0.3 is 5.97 Å². The number of carbonyl (C=O) groups is 2. The molecule has 4 aromatic rings. The van der Waals surface area contributed by atoms with Crippen LogP contribution in [-0.4, -0.2) is 35.1 Å². The first-order valence-corrected chi connectivity index (χ1v) is 10.8. The van der Waals surface area contributed by atoms with E-state index in [9.17, 15) is 9.59 Å². The van der Waals surface area contributed by atoms with Crippen LogP contribution in [0.15, 0.2) is 66.7 Å². The minimum atomic E-state index is -1.01. The molecular weight excluding hydrogens is 442 g/mol. The van der Waals surface area contributed by atoms with Crippen molar-refractivity contribution in [2.45, 2.75) is 19.4 Å². The van der Waals surface area contributed by atoms with Crippen LogP contribution in [0.25, 0.3) is 22.4 Å². The van der Waals surface area contributed by atoms with Crippen LogP contribution in [0.2, 0.25) is 5.02 Å². The zero-order valence-corrected chi connectivity index (χ0v) is 18.8. The average molecular weight is 464 g/mol. The van der Waals surface area contributed by atoms with Crippen LogP contribution >= 0.6 is 11.6 Å². The van der Waals surface area contributed by atoms with Crippen molar-refractivity contribution in [3.63, 3.8) is 0 Å². The number of carbonyl (C=O) groups excluding carboxylic acids is 2. The first-order chi connectivity index (χ1) is 16.0. The largest absolute Gasteiger partial charge is 0.495 e. The number of nitrogens with one attached hydrogen (secondary N) is 2. The third-order valence-electron chi connectivity index (χ3n) is 5.12. The molecule has 1 unspecified atom stereocenters. The summed E-state index contributed by atoms with van der Waals surface area (Å²) in [7, 11) is 1.49. The number of amides is 1. The van der Waals surface area contributed by atoms with Crippen LogP contribution in [0.3, 0.4) is 0 Å². The van der Waals surface area contributed by atoms with E-state index in [0.29, 0.717) is 33.4 Å². The lowest BCUT2D eigenvalue weighted by atomic mass is 10.1. The molecule has 8 heteroatoms. The third kappa shape index (κ3) is 4.83. The van der Waals surface area contributed by atoms with E-state index in [1.165, 1.54) is 7.11 Å². The number of esters is 1. The average Bonchev–Trinajstić information content (AvgIpc) is 3.26. The van der Waals surface area contributed by atoms with Crippen molar-refractivity contribution < 1.29 is 19.1 Å². The second-order valence-electron chi connectivity index (χ2n) is 7.28. The van der Waals surface area contributed by atoms with Gasteiger partial charge in [0.05, 0.1) is 29.4 Å². The van der Waals surface area contributed by atoms with E-state index < -0.39 is 18.0 Å². The second kappa shape index (κ2) is 9.75. The number of halogens is 1. The maximum absolute atomic E-state index is 13.1. The number of ether oxygens (including phenoxy) is 2. The number of anilines is 1. The highest BCUT2D eigenvalue weighted by Gasteiger charge is 2.25. The number of H-pyrrole nitrogens is 1. The Kier molecular flexibility index (Phi) is 6.60. The number of hydrogen-bond acceptors (Lipinski definition) is 5. The van der Waals surface area contributed by atoms with E-state index in [-0.39, 0.29) is 6.42 Å². The van der Waals surface area contributed by atoms with Crippen molar-refractivity contribution in [3.05, 3.63) is 77.3 Å². The number of fused-ring (bicyclic) bond motifs is 1. The summed E-state index contributed by atoms with van der Waals surface area (Å²) in [5, 5.41) is 3.17. The van der Waals surface area contributed by atoms with E-state index in [0.717, 1.165) is 11.0 Å². The molecule has 0 bridgehead atoms. The van der Waals surface area contributed by atoms with Gasteiger partial charge in [-0.3, -0.25) is 4.79 Å². The molecule has 0 aliphatic carbocycles. The minimum absolute atomic E-state index is 0.285. The number of hydrogen-bond donors (Lipinski definition) is 2. The molecule has 0 radical (unpaired) electrons. The van der Waals surface area contributed by atoms with Crippen molar-refractivity contribution in [3.8, 4) is 17.1 Å². The molecule has 2 N–H and O–H groups in total. The molecule has 1 atom stereocenters. The molecule has 1 heterocycles. The van der Waals surface area contributed by atoms with Crippen molar-refractivity contribution in [1.29, 1.82) is 0 Å². The van der Waals surface area contributed by atoms with Gasteiger partial charge in [-0.25, -0.2) is 9.78 Å². The molecule has 0 aliphatic heterocycles. The summed E-state index contributed by atoms with van der Waals surface area (Å²) in [5.74, 6) is -0.104. The number of imidazole rings is 1. The summed E-state index contributed by atoms with van der Waals surface area (Å²) >= 11 is 6.04. The maximum Gasteiger partial charge on any atom is 0.339 e. The molecule has 1 amide bonds. The molecule has 168 valence electrons. The van der Waals surface area contributed by atoms with E-state index in [2.05, 4.69) is 15.3 Å². The molecule has 7 nitrogen and oxygen atoms in total. The van der Waals surface area contributed by atoms with E-state index >= 15 is 0 Å². The molecular formula is C25H22ClN3O4. The Bertz CT molecular complexity index is 1290. The SMILES string of the molecule is CCC(OC(=O)c1ccccc1-c1nc2ccccc2[nH]1)C(=O)Nc1cc(Cl)ccc1OC. The summed E-state index contributed by atoms with van der Waals surface area (Å²) in [4.78, 5) is 33.7. The Morgan fingerprint density at radius 2 is 1.85 bits per heavy atom. The zero-order chi connectivity index (χ0) is 23.4. The predicted molar refractivity (Wildman–Crippen MR) is 128 cm³/mol. The van der Waals surface area contributed by atoms with Crippen LogP contribution in [0.4, 0.5) is 5.69 Å². The number of benzene rings is 3. The number of rotatable bonds is 7. The fraction of sp³-hybridized carbons (Fsp3) is 0.160. The van der Waals surface area contributed by atoms with Gasteiger partial charge in [-0.15, -0.1) is 0 Å². The summed E-state index contributed by atoms with van der Waals surface area (Å²) in [6.07, 6.45) is -0.724. The summed E-state index contributed by atoms with van der Waals surface area (Å²) in [5.41, 5.74) is 2.94. The summed E-state index contributed by atoms with van der Waals surface area (Å²) < 4.78 is 10.9. The lowest BCUT2D eigenvalue weighted by molar-refractivity contribution is -0.124. The highest BCUT2D eigenvalue weighted by atomic mass is 35.5. The highest BCUT2D eigenvalue weighted by Crippen LogP contribution is 2.29. The molecule has 3 aromatic carbocycles. The molecule has 4 rings (SSSR count). The molecule has 0 fully saturated rings. The summed E-state index contributed by atoms with van der Waals surface area (Å²) in [6, 6.07) is 19.5. The Morgan fingerprint density at radius 3 is 2.61 bits per heavy atom. The van der Waals surface area contributed by atoms with Gasteiger partial charge in [0.15, 0.2) is 6.10 Å². The van der Waals surface area contributed by atoms with Crippen LogP contribution < -0.4 is 10.1 Å². The topological polar surface area (TPSA) is 93.3 Å². The van der Waals surface area contributed by atoms with Crippen LogP contribution in [-0.2, 0) is 9.53 Å². The fourth-order valence-electron chi connectivity index (χ4n) is 3.45. The first-order valence-electron chi connectivity index (χ1n) is 10.4. The van der Waals surface area contributed by atoms with Gasteiger partial charge in [0.1, 0.15) is 11.6 Å². The quantitative estimate of drug-likeness (QED) is 0.355. The molecule has 0 spiro atoms. The van der Waals surface area contributed by atoms with Crippen LogP contribution in [0, 0.1) is 0 Å². The van der Waals surface area contributed by atoms with Crippen molar-refractivity contribution in [2.24, 2.45) is 0 Å². The molecule has 0 saturated carbocycles. The number of nitrogens with zero attached hydrogens (tertiary/aromatic N) is 1.